The number of benzene rings is 1. The van der Waals surface area contributed by atoms with Gasteiger partial charge in [0.25, 0.3) is 5.91 Å². The van der Waals surface area contributed by atoms with Gasteiger partial charge in [-0.05, 0) is 12.1 Å². The Morgan fingerprint density at radius 3 is 2.88 bits per heavy atom. The molecule has 0 aliphatic carbocycles. The Morgan fingerprint density at radius 2 is 2.12 bits per heavy atom. The summed E-state index contributed by atoms with van der Waals surface area (Å²) in [4.78, 5) is 17.7. The molecule has 0 saturated heterocycles. The molecule has 3 heteroatoms. The Kier molecular flexibility index (Phi) is 3.06. The van der Waals surface area contributed by atoms with Gasteiger partial charge in [0.15, 0.2) is 0 Å². The monoisotopic (exact) mass is 224 g/mol. The Morgan fingerprint density at radius 1 is 1.35 bits per heavy atom. The van der Waals surface area contributed by atoms with Crippen molar-refractivity contribution < 1.29 is 4.79 Å². The van der Waals surface area contributed by atoms with Crippen LogP contribution in [0.5, 0.6) is 0 Å². The molecular formula is C14H12N2O. The molecule has 1 aromatic carbocycles. The number of para-hydroxylation sites is 1. The van der Waals surface area contributed by atoms with Gasteiger partial charge in [-0.2, -0.15) is 0 Å². The van der Waals surface area contributed by atoms with E-state index in [2.05, 4.69) is 10.9 Å². The maximum absolute atomic E-state index is 11.9. The molecule has 0 aliphatic heterocycles. The third kappa shape index (κ3) is 2.26. The van der Waals surface area contributed by atoms with Crippen LogP contribution in [0.4, 0.5) is 0 Å². The number of rotatable bonds is 2. The zero-order valence-electron chi connectivity index (χ0n) is 9.55. The predicted molar refractivity (Wildman–Crippen MR) is 67.5 cm³/mol. The van der Waals surface area contributed by atoms with Crippen molar-refractivity contribution in [3.8, 4) is 12.3 Å². The number of carbonyl (C=O) groups excluding carboxylic acids is 1. The van der Waals surface area contributed by atoms with Gasteiger partial charge in [0.1, 0.15) is 5.69 Å². The molecule has 0 bridgehead atoms. The van der Waals surface area contributed by atoms with Gasteiger partial charge in [-0.25, -0.2) is 4.98 Å². The summed E-state index contributed by atoms with van der Waals surface area (Å²) in [5.74, 6) is 2.27. The van der Waals surface area contributed by atoms with Gasteiger partial charge in [-0.15, -0.1) is 6.42 Å². The van der Waals surface area contributed by atoms with Gasteiger partial charge >= 0.3 is 0 Å². The average Bonchev–Trinajstić information content (AvgIpc) is 2.37. The lowest BCUT2D eigenvalue weighted by molar-refractivity contribution is 0.0807. The van der Waals surface area contributed by atoms with Crippen molar-refractivity contribution in [2.24, 2.45) is 0 Å². The summed E-state index contributed by atoms with van der Waals surface area (Å²) in [6.07, 6.45) is 5.17. The first-order valence-electron chi connectivity index (χ1n) is 5.27. The Labute approximate surface area is 100 Å². The molecule has 0 unspecified atom stereocenters. The van der Waals surface area contributed by atoms with Crippen LogP contribution in [0.25, 0.3) is 10.9 Å². The molecule has 17 heavy (non-hydrogen) atoms. The fraction of sp³-hybridized carbons (Fsp3) is 0.143. The van der Waals surface area contributed by atoms with Crippen LogP contribution in [-0.4, -0.2) is 29.4 Å². The van der Waals surface area contributed by atoms with E-state index in [-0.39, 0.29) is 12.5 Å². The van der Waals surface area contributed by atoms with Gasteiger partial charge in [0.05, 0.1) is 12.1 Å². The second-order valence-electron chi connectivity index (χ2n) is 3.75. The van der Waals surface area contributed by atoms with Crippen molar-refractivity contribution >= 4 is 16.8 Å². The van der Waals surface area contributed by atoms with E-state index in [4.69, 9.17) is 6.42 Å². The Hall–Kier alpha value is -2.34. The molecule has 0 fully saturated rings. The zero-order chi connectivity index (χ0) is 12.3. The largest absolute Gasteiger partial charge is 0.329 e. The maximum Gasteiger partial charge on any atom is 0.272 e. The van der Waals surface area contributed by atoms with Gasteiger partial charge in [-0.1, -0.05) is 30.2 Å². The minimum atomic E-state index is -0.159. The Balaban J connectivity index is 2.37. The number of nitrogens with zero attached hydrogens (tertiary/aromatic N) is 2. The lowest BCUT2D eigenvalue weighted by Gasteiger charge is -2.13. The lowest BCUT2D eigenvalue weighted by Crippen LogP contribution is -2.27. The number of fused-ring (bicyclic) bond motifs is 1. The van der Waals surface area contributed by atoms with E-state index in [1.807, 2.05) is 30.3 Å². The highest BCUT2D eigenvalue weighted by Crippen LogP contribution is 2.12. The van der Waals surface area contributed by atoms with E-state index < -0.39 is 0 Å². The molecule has 84 valence electrons. The highest BCUT2D eigenvalue weighted by Gasteiger charge is 2.12. The van der Waals surface area contributed by atoms with Crippen LogP contribution >= 0.6 is 0 Å². The summed E-state index contributed by atoms with van der Waals surface area (Å²) in [5, 5.41) is 1.02. The van der Waals surface area contributed by atoms with Gasteiger partial charge < -0.3 is 4.90 Å². The number of terminal acetylenes is 1. The van der Waals surface area contributed by atoms with Gasteiger partial charge in [0, 0.05) is 12.4 Å². The van der Waals surface area contributed by atoms with Crippen LogP contribution in [0.1, 0.15) is 10.5 Å². The molecule has 1 heterocycles. The Bertz CT molecular complexity index is 598. The molecule has 3 nitrogen and oxygen atoms in total. The zero-order valence-corrected chi connectivity index (χ0v) is 9.55. The second-order valence-corrected chi connectivity index (χ2v) is 3.75. The first-order chi connectivity index (χ1) is 8.22. The normalized spacial score (nSPS) is 9.88. The highest BCUT2D eigenvalue weighted by atomic mass is 16.2. The average molecular weight is 224 g/mol. The number of pyridine rings is 1. The van der Waals surface area contributed by atoms with Crippen LogP contribution in [0, 0.1) is 12.3 Å². The first kappa shape index (κ1) is 11.2. The fourth-order valence-electron chi connectivity index (χ4n) is 1.59. The topological polar surface area (TPSA) is 33.2 Å². The fourth-order valence-corrected chi connectivity index (χ4v) is 1.59. The van der Waals surface area contributed by atoms with Crippen LogP contribution in [0.3, 0.4) is 0 Å². The molecule has 0 atom stereocenters. The maximum atomic E-state index is 11.9. The molecule has 0 spiro atoms. The minimum Gasteiger partial charge on any atom is -0.329 e. The summed E-state index contributed by atoms with van der Waals surface area (Å²) in [6, 6.07) is 11.3. The molecular weight excluding hydrogens is 212 g/mol. The first-order valence-corrected chi connectivity index (χ1v) is 5.27. The molecule has 2 aromatic rings. The van der Waals surface area contributed by atoms with Crippen molar-refractivity contribution in [2.75, 3.05) is 13.6 Å². The van der Waals surface area contributed by atoms with E-state index in [0.717, 1.165) is 10.9 Å². The molecule has 0 saturated carbocycles. The summed E-state index contributed by atoms with van der Waals surface area (Å²) in [5.41, 5.74) is 1.23. The molecule has 0 N–H and O–H groups in total. The van der Waals surface area contributed by atoms with E-state index in [9.17, 15) is 4.79 Å². The van der Waals surface area contributed by atoms with Crippen LogP contribution in [0.2, 0.25) is 0 Å². The van der Waals surface area contributed by atoms with E-state index >= 15 is 0 Å². The minimum absolute atomic E-state index is 0.159. The lowest BCUT2D eigenvalue weighted by atomic mass is 10.2. The van der Waals surface area contributed by atoms with E-state index in [1.165, 1.54) is 4.90 Å². The smallest absolute Gasteiger partial charge is 0.272 e. The van der Waals surface area contributed by atoms with Crippen molar-refractivity contribution in [3.05, 3.63) is 42.1 Å². The van der Waals surface area contributed by atoms with Crippen molar-refractivity contribution in [1.82, 2.24) is 9.88 Å². The standard InChI is InChI=1S/C14H12N2O/c1-3-10-16(2)14(17)13-9-8-11-6-4-5-7-12(11)15-13/h1,4-9H,10H2,2H3. The van der Waals surface area contributed by atoms with Crippen molar-refractivity contribution in [3.63, 3.8) is 0 Å². The predicted octanol–water partition coefficient (Wildman–Crippen LogP) is 1.94. The molecule has 1 aromatic heterocycles. The number of hydrogen-bond acceptors (Lipinski definition) is 2. The number of hydrogen-bond donors (Lipinski definition) is 0. The summed E-state index contributed by atoms with van der Waals surface area (Å²) < 4.78 is 0. The SMILES string of the molecule is C#CCN(C)C(=O)c1ccc2ccccc2n1. The van der Waals surface area contributed by atoms with Gasteiger partial charge in [0.2, 0.25) is 0 Å². The number of carbonyl (C=O) groups is 1. The third-order valence-electron chi connectivity index (χ3n) is 2.49. The van der Waals surface area contributed by atoms with Crippen LogP contribution in [-0.2, 0) is 0 Å². The van der Waals surface area contributed by atoms with Crippen molar-refractivity contribution in [2.45, 2.75) is 0 Å². The summed E-state index contributed by atoms with van der Waals surface area (Å²) >= 11 is 0. The number of amides is 1. The number of aromatic nitrogens is 1. The van der Waals surface area contributed by atoms with E-state index in [1.54, 1.807) is 13.1 Å². The highest BCUT2D eigenvalue weighted by molar-refractivity contribution is 5.94. The summed E-state index contributed by atoms with van der Waals surface area (Å²) in [6.45, 7) is 0.285. The molecule has 2 rings (SSSR count). The molecule has 1 amide bonds. The van der Waals surface area contributed by atoms with Crippen LogP contribution in [0.15, 0.2) is 36.4 Å². The molecule has 0 radical (unpaired) electrons. The van der Waals surface area contributed by atoms with Gasteiger partial charge in [-0.3, -0.25) is 4.79 Å². The van der Waals surface area contributed by atoms with Crippen molar-refractivity contribution in [1.29, 1.82) is 0 Å². The van der Waals surface area contributed by atoms with E-state index in [0.29, 0.717) is 5.69 Å². The quantitative estimate of drug-likeness (QED) is 0.730. The third-order valence-corrected chi connectivity index (χ3v) is 2.49. The summed E-state index contributed by atoms with van der Waals surface area (Å²) in [7, 11) is 1.67. The molecule has 0 aliphatic rings. The second kappa shape index (κ2) is 4.67. The van der Waals surface area contributed by atoms with Crippen LogP contribution < -0.4 is 0 Å².